The van der Waals surface area contributed by atoms with Gasteiger partial charge in [0.2, 0.25) is 5.91 Å². The lowest BCUT2D eigenvalue weighted by Gasteiger charge is -2.20. The third-order valence-electron chi connectivity index (χ3n) is 4.45. The summed E-state index contributed by atoms with van der Waals surface area (Å²) in [6.07, 6.45) is 1.76. The summed E-state index contributed by atoms with van der Waals surface area (Å²) in [4.78, 5) is 24.3. The van der Waals surface area contributed by atoms with Crippen molar-refractivity contribution in [3.8, 4) is 0 Å². The number of rotatable bonds is 6. The third-order valence-corrected chi connectivity index (χ3v) is 4.94. The Labute approximate surface area is 149 Å². The predicted molar refractivity (Wildman–Crippen MR) is 94.8 cm³/mol. The van der Waals surface area contributed by atoms with Crippen molar-refractivity contribution in [2.75, 3.05) is 0 Å². The van der Waals surface area contributed by atoms with Crippen LogP contribution in [0.1, 0.15) is 24.0 Å². The van der Waals surface area contributed by atoms with Gasteiger partial charge >= 0.3 is 5.97 Å². The second kappa shape index (κ2) is 6.77. The molecular formula is C19H18BrNO3. The summed E-state index contributed by atoms with van der Waals surface area (Å²) in [7, 11) is 0. The van der Waals surface area contributed by atoms with Crippen LogP contribution in [0, 0.1) is 0 Å². The SMILES string of the molecule is O=C(O)C(Cc1ccccc1)NC(=O)C1(c2cccc(Br)c2)CC1. The van der Waals surface area contributed by atoms with E-state index in [4.69, 9.17) is 0 Å². The largest absolute Gasteiger partial charge is 0.480 e. The Kier molecular flexibility index (Phi) is 4.71. The molecule has 0 radical (unpaired) electrons. The van der Waals surface area contributed by atoms with Crippen molar-refractivity contribution < 1.29 is 14.7 Å². The highest BCUT2D eigenvalue weighted by Crippen LogP contribution is 2.49. The number of carboxylic acid groups (broad SMARTS) is 1. The van der Waals surface area contributed by atoms with Gasteiger partial charge in [0.25, 0.3) is 0 Å². The zero-order valence-electron chi connectivity index (χ0n) is 13.0. The molecule has 2 N–H and O–H groups in total. The van der Waals surface area contributed by atoms with Crippen molar-refractivity contribution in [2.24, 2.45) is 0 Å². The molecule has 1 fully saturated rings. The van der Waals surface area contributed by atoms with Gasteiger partial charge in [0.05, 0.1) is 5.41 Å². The summed E-state index contributed by atoms with van der Waals surface area (Å²) in [6, 6.07) is 16.1. The lowest BCUT2D eigenvalue weighted by atomic mass is 9.94. The molecule has 0 bridgehead atoms. The fourth-order valence-corrected chi connectivity index (χ4v) is 3.30. The van der Waals surface area contributed by atoms with E-state index in [1.165, 1.54) is 0 Å². The van der Waals surface area contributed by atoms with Gasteiger partial charge in [0.1, 0.15) is 6.04 Å². The van der Waals surface area contributed by atoms with Crippen LogP contribution in [0.5, 0.6) is 0 Å². The Morgan fingerprint density at radius 2 is 1.83 bits per heavy atom. The number of carboxylic acids is 1. The molecule has 1 atom stereocenters. The van der Waals surface area contributed by atoms with E-state index < -0.39 is 17.4 Å². The van der Waals surface area contributed by atoms with Gasteiger partial charge in [-0.2, -0.15) is 0 Å². The summed E-state index contributed by atoms with van der Waals surface area (Å²) >= 11 is 3.42. The summed E-state index contributed by atoms with van der Waals surface area (Å²) in [5, 5.41) is 12.2. The number of aliphatic carboxylic acids is 1. The zero-order valence-corrected chi connectivity index (χ0v) is 14.6. The Bertz CT molecular complexity index is 756. The fraction of sp³-hybridized carbons (Fsp3) is 0.263. The van der Waals surface area contributed by atoms with Gasteiger partial charge in [0.15, 0.2) is 0 Å². The molecule has 2 aromatic rings. The van der Waals surface area contributed by atoms with Crippen LogP contribution >= 0.6 is 15.9 Å². The van der Waals surface area contributed by atoms with E-state index >= 15 is 0 Å². The Balaban J connectivity index is 1.75. The summed E-state index contributed by atoms with van der Waals surface area (Å²) < 4.78 is 0.915. The van der Waals surface area contributed by atoms with Crippen LogP contribution in [0.25, 0.3) is 0 Å². The number of hydrogen-bond donors (Lipinski definition) is 2. The van der Waals surface area contributed by atoms with Crippen molar-refractivity contribution in [3.63, 3.8) is 0 Å². The smallest absolute Gasteiger partial charge is 0.326 e. The van der Waals surface area contributed by atoms with Gasteiger partial charge < -0.3 is 10.4 Å². The molecule has 0 saturated heterocycles. The molecule has 124 valence electrons. The quantitative estimate of drug-likeness (QED) is 0.798. The lowest BCUT2D eigenvalue weighted by molar-refractivity contribution is -0.142. The van der Waals surface area contributed by atoms with Crippen LogP contribution in [0.4, 0.5) is 0 Å². The molecule has 1 aliphatic rings. The number of carbonyl (C=O) groups excluding carboxylic acids is 1. The van der Waals surface area contributed by atoms with Crippen molar-refractivity contribution in [2.45, 2.75) is 30.7 Å². The Morgan fingerprint density at radius 1 is 1.12 bits per heavy atom. The van der Waals surface area contributed by atoms with Crippen molar-refractivity contribution in [1.82, 2.24) is 5.32 Å². The predicted octanol–water partition coefficient (Wildman–Crippen LogP) is 3.29. The zero-order chi connectivity index (χ0) is 17.2. The monoisotopic (exact) mass is 387 g/mol. The molecule has 1 amide bonds. The van der Waals surface area contributed by atoms with E-state index in [1.807, 2.05) is 54.6 Å². The Morgan fingerprint density at radius 3 is 2.42 bits per heavy atom. The topological polar surface area (TPSA) is 66.4 Å². The second-order valence-corrected chi connectivity index (χ2v) is 7.06. The van der Waals surface area contributed by atoms with Gasteiger partial charge in [0, 0.05) is 10.9 Å². The van der Waals surface area contributed by atoms with E-state index in [2.05, 4.69) is 21.2 Å². The number of benzene rings is 2. The molecule has 4 nitrogen and oxygen atoms in total. The van der Waals surface area contributed by atoms with Crippen LogP contribution < -0.4 is 5.32 Å². The maximum Gasteiger partial charge on any atom is 0.326 e. The molecular weight excluding hydrogens is 370 g/mol. The molecule has 1 saturated carbocycles. The average molecular weight is 388 g/mol. The first-order valence-electron chi connectivity index (χ1n) is 7.85. The van der Waals surface area contributed by atoms with Crippen LogP contribution in [-0.4, -0.2) is 23.0 Å². The van der Waals surface area contributed by atoms with Crippen molar-refractivity contribution in [1.29, 1.82) is 0 Å². The minimum absolute atomic E-state index is 0.205. The molecule has 0 spiro atoms. The maximum atomic E-state index is 12.8. The first kappa shape index (κ1) is 16.7. The Hall–Kier alpha value is -2.14. The number of hydrogen-bond acceptors (Lipinski definition) is 2. The molecule has 0 heterocycles. The van der Waals surface area contributed by atoms with Crippen LogP contribution in [0.3, 0.4) is 0 Å². The first-order valence-corrected chi connectivity index (χ1v) is 8.64. The molecule has 0 aliphatic heterocycles. The summed E-state index contributed by atoms with van der Waals surface area (Å²) in [6.45, 7) is 0. The standard InChI is InChI=1S/C19H18BrNO3/c20-15-8-4-7-14(12-15)19(9-10-19)18(24)21-16(17(22)23)11-13-5-2-1-3-6-13/h1-8,12,16H,9-11H2,(H,21,24)(H,22,23). The van der Waals surface area contributed by atoms with Gasteiger partial charge in [-0.3, -0.25) is 4.79 Å². The van der Waals surface area contributed by atoms with Crippen molar-refractivity contribution in [3.05, 3.63) is 70.2 Å². The van der Waals surface area contributed by atoms with Gasteiger partial charge in [-0.25, -0.2) is 4.79 Å². The van der Waals surface area contributed by atoms with Crippen molar-refractivity contribution >= 4 is 27.8 Å². The molecule has 1 aliphatic carbocycles. The van der Waals surface area contributed by atoms with E-state index in [0.29, 0.717) is 0 Å². The fourth-order valence-electron chi connectivity index (χ4n) is 2.90. The first-order chi connectivity index (χ1) is 11.5. The molecule has 24 heavy (non-hydrogen) atoms. The molecule has 3 rings (SSSR count). The molecule has 0 aromatic heterocycles. The van der Waals surface area contributed by atoms with Crippen LogP contribution in [0.2, 0.25) is 0 Å². The average Bonchev–Trinajstić information content (AvgIpc) is 3.37. The highest BCUT2D eigenvalue weighted by molar-refractivity contribution is 9.10. The third kappa shape index (κ3) is 3.51. The lowest BCUT2D eigenvalue weighted by Crippen LogP contribution is -2.46. The van der Waals surface area contributed by atoms with Crippen LogP contribution in [0.15, 0.2) is 59.1 Å². The number of carbonyl (C=O) groups is 2. The van der Waals surface area contributed by atoms with Gasteiger partial charge in [-0.05, 0) is 36.1 Å². The number of amides is 1. The minimum atomic E-state index is -1.02. The van der Waals surface area contributed by atoms with Gasteiger partial charge in [-0.15, -0.1) is 0 Å². The van der Waals surface area contributed by atoms with E-state index in [9.17, 15) is 14.7 Å². The maximum absolute atomic E-state index is 12.8. The molecule has 5 heteroatoms. The van der Waals surface area contributed by atoms with E-state index in [1.54, 1.807) is 0 Å². The highest BCUT2D eigenvalue weighted by atomic mass is 79.9. The molecule has 2 aromatic carbocycles. The van der Waals surface area contributed by atoms with Gasteiger partial charge in [-0.1, -0.05) is 58.4 Å². The number of halogens is 1. The normalized spacial score (nSPS) is 16.2. The minimum Gasteiger partial charge on any atom is -0.480 e. The highest BCUT2D eigenvalue weighted by Gasteiger charge is 2.52. The molecule has 1 unspecified atom stereocenters. The summed E-state index contributed by atoms with van der Waals surface area (Å²) in [5.74, 6) is -1.22. The number of nitrogens with one attached hydrogen (secondary N) is 1. The summed E-state index contributed by atoms with van der Waals surface area (Å²) in [5.41, 5.74) is 1.23. The van der Waals surface area contributed by atoms with E-state index in [0.717, 1.165) is 28.4 Å². The van der Waals surface area contributed by atoms with E-state index in [-0.39, 0.29) is 12.3 Å². The van der Waals surface area contributed by atoms with Crippen LogP contribution in [-0.2, 0) is 21.4 Å². The second-order valence-electron chi connectivity index (χ2n) is 6.15.